The Morgan fingerprint density at radius 1 is 1.28 bits per heavy atom. The number of pyridine rings is 1. The van der Waals surface area contributed by atoms with Crippen LogP contribution in [0.5, 0.6) is 11.5 Å². The average Bonchev–Trinajstić information content (AvgIpc) is 2.86. The summed E-state index contributed by atoms with van der Waals surface area (Å²) < 4.78 is 12.5. The minimum absolute atomic E-state index is 0.0374. The zero-order chi connectivity index (χ0) is 13.0. The van der Waals surface area contributed by atoms with Crippen molar-refractivity contribution in [3.8, 4) is 11.5 Å². The van der Waals surface area contributed by atoms with Crippen molar-refractivity contribution >= 4 is 0 Å². The Hall–Kier alpha value is -2.01. The molecular formula is C13H16N2O3. The summed E-state index contributed by atoms with van der Waals surface area (Å²) in [6.07, 6.45) is 5.46. The molecule has 0 saturated carbocycles. The summed E-state index contributed by atoms with van der Waals surface area (Å²) >= 11 is 0. The standard InChI is InChI=1S/C13H16N2O3/c1-17-12-3-5-14-11(13(12)18-2)8-15-6-4-10(7-15)9-16/h3-7,16H,8-9H2,1-2H3. The Balaban J connectivity index is 2.28. The molecule has 96 valence electrons. The lowest BCUT2D eigenvalue weighted by atomic mass is 10.3. The van der Waals surface area contributed by atoms with Crippen LogP contribution in [0.4, 0.5) is 0 Å². The van der Waals surface area contributed by atoms with Gasteiger partial charge in [0, 0.05) is 24.7 Å². The van der Waals surface area contributed by atoms with Gasteiger partial charge in [-0.2, -0.15) is 0 Å². The van der Waals surface area contributed by atoms with Crippen LogP contribution in [0.25, 0.3) is 0 Å². The molecule has 0 spiro atoms. The third-order valence-corrected chi connectivity index (χ3v) is 2.69. The number of rotatable bonds is 5. The lowest BCUT2D eigenvalue weighted by Crippen LogP contribution is -2.03. The molecule has 1 N–H and O–H groups in total. The molecule has 0 aromatic carbocycles. The Bertz CT molecular complexity index is 523. The van der Waals surface area contributed by atoms with E-state index in [0.29, 0.717) is 18.0 Å². The molecule has 0 aliphatic heterocycles. The second kappa shape index (κ2) is 5.55. The molecule has 2 aromatic rings. The van der Waals surface area contributed by atoms with Gasteiger partial charge in [-0.25, -0.2) is 0 Å². The molecule has 0 amide bonds. The van der Waals surface area contributed by atoms with Gasteiger partial charge in [0.25, 0.3) is 0 Å². The molecule has 2 aromatic heterocycles. The van der Waals surface area contributed by atoms with Crippen LogP contribution in [0, 0.1) is 0 Å². The molecule has 0 fully saturated rings. The van der Waals surface area contributed by atoms with Crippen LogP contribution in [0.15, 0.2) is 30.7 Å². The number of methoxy groups -OCH3 is 2. The molecule has 0 saturated heterocycles. The molecule has 0 radical (unpaired) electrons. The first-order valence-electron chi connectivity index (χ1n) is 5.60. The van der Waals surface area contributed by atoms with Crippen LogP contribution < -0.4 is 9.47 Å². The smallest absolute Gasteiger partial charge is 0.184 e. The molecule has 0 bridgehead atoms. The van der Waals surface area contributed by atoms with Crippen LogP contribution in [-0.2, 0) is 13.2 Å². The van der Waals surface area contributed by atoms with E-state index in [4.69, 9.17) is 14.6 Å². The monoisotopic (exact) mass is 248 g/mol. The van der Waals surface area contributed by atoms with E-state index in [1.165, 1.54) is 0 Å². The van der Waals surface area contributed by atoms with Crippen molar-refractivity contribution in [2.75, 3.05) is 14.2 Å². The van der Waals surface area contributed by atoms with Crippen molar-refractivity contribution in [2.24, 2.45) is 0 Å². The summed E-state index contributed by atoms with van der Waals surface area (Å²) in [6, 6.07) is 3.63. The second-order valence-corrected chi connectivity index (χ2v) is 3.84. The number of hydrogen-bond acceptors (Lipinski definition) is 4. The Morgan fingerprint density at radius 2 is 2.11 bits per heavy atom. The summed E-state index contributed by atoms with van der Waals surface area (Å²) in [6.45, 7) is 0.607. The van der Waals surface area contributed by atoms with Crippen molar-refractivity contribution in [2.45, 2.75) is 13.2 Å². The minimum Gasteiger partial charge on any atom is -0.493 e. The highest BCUT2D eigenvalue weighted by atomic mass is 16.5. The largest absolute Gasteiger partial charge is 0.493 e. The molecule has 0 atom stereocenters. The minimum atomic E-state index is 0.0374. The maximum Gasteiger partial charge on any atom is 0.184 e. The van der Waals surface area contributed by atoms with Crippen molar-refractivity contribution in [3.05, 3.63) is 42.0 Å². The molecule has 5 nitrogen and oxygen atoms in total. The van der Waals surface area contributed by atoms with Crippen LogP contribution in [0.2, 0.25) is 0 Å². The summed E-state index contributed by atoms with van der Waals surface area (Å²) in [4.78, 5) is 4.30. The van der Waals surface area contributed by atoms with E-state index in [-0.39, 0.29) is 6.61 Å². The summed E-state index contributed by atoms with van der Waals surface area (Å²) in [5.41, 5.74) is 1.66. The van der Waals surface area contributed by atoms with Gasteiger partial charge < -0.3 is 19.1 Å². The van der Waals surface area contributed by atoms with E-state index in [0.717, 1.165) is 11.3 Å². The van der Waals surface area contributed by atoms with Crippen LogP contribution in [0.1, 0.15) is 11.3 Å². The fourth-order valence-electron chi connectivity index (χ4n) is 1.82. The Labute approximate surface area is 106 Å². The average molecular weight is 248 g/mol. The number of aliphatic hydroxyl groups is 1. The topological polar surface area (TPSA) is 56.5 Å². The fourth-order valence-corrected chi connectivity index (χ4v) is 1.82. The van der Waals surface area contributed by atoms with E-state index in [1.54, 1.807) is 26.5 Å². The van der Waals surface area contributed by atoms with Crippen LogP contribution >= 0.6 is 0 Å². The van der Waals surface area contributed by atoms with Gasteiger partial charge >= 0.3 is 0 Å². The Kier molecular flexibility index (Phi) is 3.84. The van der Waals surface area contributed by atoms with Gasteiger partial charge in [-0.15, -0.1) is 0 Å². The van der Waals surface area contributed by atoms with E-state index >= 15 is 0 Å². The number of hydrogen-bond donors (Lipinski definition) is 1. The molecular weight excluding hydrogens is 232 g/mol. The summed E-state index contributed by atoms with van der Waals surface area (Å²) in [5.74, 6) is 1.30. The number of aliphatic hydroxyl groups excluding tert-OH is 1. The molecule has 2 rings (SSSR count). The lowest BCUT2D eigenvalue weighted by molar-refractivity contribution is 0.281. The van der Waals surface area contributed by atoms with Crippen LogP contribution in [-0.4, -0.2) is 28.9 Å². The maximum absolute atomic E-state index is 9.03. The lowest BCUT2D eigenvalue weighted by Gasteiger charge is -2.11. The number of ether oxygens (including phenoxy) is 2. The zero-order valence-corrected chi connectivity index (χ0v) is 10.5. The zero-order valence-electron chi connectivity index (χ0n) is 10.5. The van der Waals surface area contributed by atoms with Gasteiger partial charge in [0.1, 0.15) is 5.69 Å². The summed E-state index contributed by atoms with van der Waals surface area (Å²) in [7, 11) is 3.19. The summed E-state index contributed by atoms with van der Waals surface area (Å²) in [5, 5.41) is 9.03. The Morgan fingerprint density at radius 3 is 2.72 bits per heavy atom. The van der Waals surface area contributed by atoms with Gasteiger partial charge in [0.2, 0.25) is 0 Å². The van der Waals surface area contributed by atoms with Gasteiger partial charge in [0.05, 0.1) is 27.4 Å². The number of nitrogens with zero attached hydrogens (tertiary/aromatic N) is 2. The highest BCUT2D eigenvalue weighted by molar-refractivity contribution is 5.42. The van der Waals surface area contributed by atoms with Crippen molar-refractivity contribution in [3.63, 3.8) is 0 Å². The van der Waals surface area contributed by atoms with Crippen molar-refractivity contribution in [1.82, 2.24) is 9.55 Å². The molecule has 0 unspecified atom stereocenters. The van der Waals surface area contributed by atoms with Gasteiger partial charge in [-0.05, 0) is 11.6 Å². The third kappa shape index (κ3) is 2.46. The van der Waals surface area contributed by atoms with Crippen molar-refractivity contribution < 1.29 is 14.6 Å². The quantitative estimate of drug-likeness (QED) is 0.870. The maximum atomic E-state index is 9.03. The predicted molar refractivity (Wildman–Crippen MR) is 66.8 cm³/mol. The molecule has 18 heavy (non-hydrogen) atoms. The SMILES string of the molecule is COc1ccnc(Cn2ccc(CO)c2)c1OC. The molecule has 0 aliphatic rings. The first kappa shape index (κ1) is 12.4. The number of aromatic nitrogens is 2. The van der Waals surface area contributed by atoms with E-state index in [2.05, 4.69) is 4.98 Å². The van der Waals surface area contributed by atoms with Gasteiger partial charge in [-0.3, -0.25) is 4.98 Å². The van der Waals surface area contributed by atoms with E-state index < -0.39 is 0 Å². The third-order valence-electron chi connectivity index (χ3n) is 2.69. The molecule has 0 aliphatic carbocycles. The highest BCUT2D eigenvalue weighted by Gasteiger charge is 2.11. The molecule has 5 heteroatoms. The first-order valence-corrected chi connectivity index (χ1v) is 5.60. The second-order valence-electron chi connectivity index (χ2n) is 3.84. The normalized spacial score (nSPS) is 10.4. The first-order chi connectivity index (χ1) is 8.78. The van der Waals surface area contributed by atoms with E-state index in [1.807, 2.05) is 23.0 Å². The fraction of sp³-hybridized carbons (Fsp3) is 0.308. The van der Waals surface area contributed by atoms with E-state index in [9.17, 15) is 0 Å². The molecule has 2 heterocycles. The van der Waals surface area contributed by atoms with Gasteiger partial charge in [-0.1, -0.05) is 0 Å². The highest BCUT2D eigenvalue weighted by Crippen LogP contribution is 2.29. The van der Waals surface area contributed by atoms with Crippen molar-refractivity contribution in [1.29, 1.82) is 0 Å². The predicted octanol–water partition coefficient (Wildman–Crippen LogP) is 1.44. The van der Waals surface area contributed by atoms with Crippen LogP contribution in [0.3, 0.4) is 0 Å². The van der Waals surface area contributed by atoms with Gasteiger partial charge in [0.15, 0.2) is 11.5 Å².